The summed E-state index contributed by atoms with van der Waals surface area (Å²) in [5, 5.41) is 0.548. The highest BCUT2D eigenvalue weighted by Crippen LogP contribution is 2.27. The van der Waals surface area contributed by atoms with E-state index in [-0.39, 0.29) is 29.8 Å². The van der Waals surface area contributed by atoms with Crippen molar-refractivity contribution in [2.45, 2.75) is 19.3 Å². The van der Waals surface area contributed by atoms with Gasteiger partial charge in [-0.05, 0) is 36.6 Å². The molecular weight excluding hydrogens is 363 g/mol. The zero-order valence-corrected chi connectivity index (χ0v) is 15.5. The molecule has 6 heteroatoms. The van der Waals surface area contributed by atoms with E-state index in [1.54, 1.807) is 23.1 Å². The Morgan fingerprint density at radius 1 is 1.07 bits per heavy atom. The highest BCUT2D eigenvalue weighted by atomic mass is 32.1. The fourth-order valence-corrected chi connectivity index (χ4v) is 4.44. The standard InChI is InChI=1S/C21H19FN2O2S/c22-16-6-2-1-5-15(16)13-19(25)24-11-9-14(10-12-24)20(26)21-23-17-7-3-4-8-18(17)27-21/h1-8,14H,9-13H2. The first-order valence-electron chi connectivity index (χ1n) is 9.03. The topological polar surface area (TPSA) is 50.3 Å². The van der Waals surface area contributed by atoms with Gasteiger partial charge in [0, 0.05) is 19.0 Å². The van der Waals surface area contributed by atoms with Gasteiger partial charge in [-0.25, -0.2) is 9.37 Å². The van der Waals surface area contributed by atoms with Crippen LogP contribution in [0.3, 0.4) is 0 Å². The fourth-order valence-electron chi connectivity index (χ4n) is 3.46. The average Bonchev–Trinajstić information content (AvgIpc) is 3.13. The van der Waals surface area contributed by atoms with Gasteiger partial charge in [-0.3, -0.25) is 9.59 Å². The van der Waals surface area contributed by atoms with E-state index < -0.39 is 0 Å². The molecule has 2 heterocycles. The summed E-state index contributed by atoms with van der Waals surface area (Å²) in [5.41, 5.74) is 1.26. The molecule has 4 nitrogen and oxygen atoms in total. The SMILES string of the molecule is O=C(c1nc2ccccc2s1)C1CCN(C(=O)Cc2ccccc2F)CC1. The normalized spacial score (nSPS) is 15.2. The first-order chi connectivity index (χ1) is 13.1. The van der Waals surface area contributed by atoms with Crippen molar-refractivity contribution in [1.82, 2.24) is 9.88 Å². The molecule has 4 rings (SSSR count). The number of rotatable bonds is 4. The number of likely N-dealkylation sites (tertiary alicyclic amines) is 1. The molecule has 0 saturated carbocycles. The molecule has 0 aliphatic carbocycles. The zero-order valence-electron chi connectivity index (χ0n) is 14.7. The number of carbonyl (C=O) groups is 2. The monoisotopic (exact) mass is 382 g/mol. The number of ketones is 1. The van der Waals surface area contributed by atoms with Crippen LogP contribution in [0.2, 0.25) is 0 Å². The van der Waals surface area contributed by atoms with Crippen LogP contribution in [0.1, 0.15) is 28.2 Å². The van der Waals surface area contributed by atoms with Crippen LogP contribution in [0.4, 0.5) is 4.39 Å². The van der Waals surface area contributed by atoms with Crippen LogP contribution in [0.25, 0.3) is 10.2 Å². The Morgan fingerprint density at radius 3 is 2.52 bits per heavy atom. The van der Waals surface area contributed by atoms with Crippen LogP contribution in [-0.4, -0.2) is 34.7 Å². The van der Waals surface area contributed by atoms with Crippen LogP contribution in [-0.2, 0) is 11.2 Å². The van der Waals surface area contributed by atoms with E-state index in [2.05, 4.69) is 4.98 Å². The third-order valence-electron chi connectivity index (χ3n) is 5.02. The Hall–Kier alpha value is -2.60. The second kappa shape index (κ2) is 7.56. The number of para-hydroxylation sites is 1. The molecule has 1 saturated heterocycles. The van der Waals surface area contributed by atoms with Crippen molar-refractivity contribution in [2.24, 2.45) is 5.92 Å². The van der Waals surface area contributed by atoms with Crippen LogP contribution in [0, 0.1) is 11.7 Å². The van der Waals surface area contributed by atoms with Crippen molar-refractivity contribution < 1.29 is 14.0 Å². The molecule has 1 aliphatic rings. The maximum absolute atomic E-state index is 13.7. The lowest BCUT2D eigenvalue weighted by molar-refractivity contribution is -0.131. The van der Waals surface area contributed by atoms with Gasteiger partial charge in [-0.2, -0.15) is 0 Å². The molecule has 138 valence electrons. The number of Topliss-reactive ketones (excluding diaryl/α,β-unsaturated/α-hetero) is 1. The molecule has 1 amide bonds. The number of carbonyl (C=O) groups excluding carboxylic acids is 2. The van der Waals surface area contributed by atoms with Crippen molar-refractivity contribution in [3.8, 4) is 0 Å². The number of hydrogen-bond acceptors (Lipinski definition) is 4. The quantitative estimate of drug-likeness (QED) is 0.639. The van der Waals surface area contributed by atoms with Gasteiger partial charge in [-0.15, -0.1) is 11.3 Å². The number of thiazole rings is 1. The molecule has 2 aromatic carbocycles. The van der Waals surface area contributed by atoms with Gasteiger partial charge in [0.05, 0.1) is 16.6 Å². The summed E-state index contributed by atoms with van der Waals surface area (Å²) in [6.45, 7) is 1.04. The number of amides is 1. The van der Waals surface area contributed by atoms with Gasteiger partial charge in [0.15, 0.2) is 10.8 Å². The summed E-state index contributed by atoms with van der Waals surface area (Å²) in [6.07, 6.45) is 1.30. The van der Waals surface area contributed by atoms with E-state index in [0.717, 1.165) is 10.2 Å². The maximum Gasteiger partial charge on any atom is 0.227 e. The van der Waals surface area contributed by atoms with E-state index in [1.165, 1.54) is 17.4 Å². The molecule has 1 aromatic heterocycles. The molecule has 1 fully saturated rings. The van der Waals surface area contributed by atoms with Crippen molar-refractivity contribution in [1.29, 1.82) is 0 Å². The van der Waals surface area contributed by atoms with Crippen LogP contribution >= 0.6 is 11.3 Å². The first kappa shape index (κ1) is 17.8. The van der Waals surface area contributed by atoms with Crippen LogP contribution in [0.15, 0.2) is 48.5 Å². The number of benzene rings is 2. The first-order valence-corrected chi connectivity index (χ1v) is 9.84. The van der Waals surface area contributed by atoms with Gasteiger partial charge in [0.25, 0.3) is 0 Å². The largest absolute Gasteiger partial charge is 0.342 e. The van der Waals surface area contributed by atoms with Gasteiger partial charge in [0.2, 0.25) is 5.91 Å². The van der Waals surface area contributed by atoms with Gasteiger partial charge in [0.1, 0.15) is 5.82 Å². The minimum absolute atomic E-state index is 0.0587. The Morgan fingerprint density at radius 2 is 1.78 bits per heavy atom. The van der Waals surface area contributed by atoms with Crippen LogP contribution in [0.5, 0.6) is 0 Å². The lowest BCUT2D eigenvalue weighted by atomic mass is 9.92. The van der Waals surface area contributed by atoms with Gasteiger partial charge < -0.3 is 4.90 Å². The van der Waals surface area contributed by atoms with Crippen molar-refractivity contribution in [3.63, 3.8) is 0 Å². The van der Waals surface area contributed by atoms with E-state index in [4.69, 9.17) is 0 Å². The molecule has 0 N–H and O–H groups in total. The number of hydrogen-bond donors (Lipinski definition) is 0. The van der Waals surface area contributed by atoms with Gasteiger partial charge >= 0.3 is 0 Å². The van der Waals surface area contributed by atoms with Crippen molar-refractivity contribution in [3.05, 3.63) is 64.9 Å². The van der Waals surface area contributed by atoms with E-state index in [9.17, 15) is 14.0 Å². The summed E-state index contributed by atoms with van der Waals surface area (Å²) in [7, 11) is 0. The third-order valence-corrected chi connectivity index (χ3v) is 6.07. The van der Waals surface area contributed by atoms with Gasteiger partial charge in [-0.1, -0.05) is 30.3 Å². The Bertz CT molecular complexity index is 960. The van der Waals surface area contributed by atoms with Crippen molar-refractivity contribution >= 4 is 33.2 Å². The fraction of sp³-hybridized carbons (Fsp3) is 0.286. The maximum atomic E-state index is 13.7. The number of aromatic nitrogens is 1. The molecule has 3 aromatic rings. The average molecular weight is 382 g/mol. The number of fused-ring (bicyclic) bond motifs is 1. The molecule has 0 spiro atoms. The highest BCUT2D eigenvalue weighted by molar-refractivity contribution is 7.20. The number of halogens is 1. The number of piperidine rings is 1. The minimum atomic E-state index is -0.355. The molecule has 1 aliphatic heterocycles. The summed E-state index contributed by atoms with van der Waals surface area (Å²) >= 11 is 1.43. The minimum Gasteiger partial charge on any atom is -0.342 e. The van der Waals surface area contributed by atoms with E-state index >= 15 is 0 Å². The Kier molecular flexibility index (Phi) is 4.99. The Balaban J connectivity index is 1.37. The number of nitrogens with zero attached hydrogens (tertiary/aromatic N) is 2. The third kappa shape index (κ3) is 3.76. The van der Waals surface area contributed by atoms with Crippen molar-refractivity contribution in [2.75, 3.05) is 13.1 Å². The lowest BCUT2D eigenvalue weighted by Crippen LogP contribution is -2.41. The summed E-state index contributed by atoms with van der Waals surface area (Å²) < 4.78 is 14.8. The zero-order chi connectivity index (χ0) is 18.8. The predicted octanol–water partition coefficient (Wildman–Crippen LogP) is 4.10. The molecule has 0 radical (unpaired) electrons. The Labute approximate surface area is 160 Å². The highest BCUT2D eigenvalue weighted by Gasteiger charge is 2.29. The van der Waals surface area contributed by atoms with Crippen LogP contribution < -0.4 is 0 Å². The summed E-state index contributed by atoms with van der Waals surface area (Å²) in [5.74, 6) is -0.488. The summed E-state index contributed by atoms with van der Waals surface area (Å²) in [6, 6.07) is 14.1. The second-order valence-corrected chi connectivity index (χ2v) is 7.80. The summed E-state index contributed by atoms with van der Waals surface area (Å²) in [4.78, 5) is 31.4. The molecule has 0 bridgehead atoms. The molecule has 0 atom stereocenters. The molecular formula is C21H19FN2O2S. The molecule has 0 unspecified atom stereocenters. The smallest absolute Gasteiger partial charge is 0.227 e. The van der Waals surface area contributed by atoms with E-state index in [0.29, 0.717) is 36.5 Å². The molecule has 27 heavy (non-hydrogen) atoms. The predicted molar refractivity (Wildman–Crippen MR) is 103 cm³/mol. The lowest BCUT2D eigenvalue weighted by Gasteiger charge is -2.31. The second-order valence-electron chi connectivity index (χ2n) is 6.77. The van der Waals surface area contributed by atoms with E-state index in [1.807, 2.05) is 24.3 Å².